The highest BCUT2D eigenvalue weighted by Crippen LogP contribution is 2.18. The second kappa shape index (κ2) is 6.44. The first-order valence-electron chi connectivity index (χ1n) is 5.15. The molecule has 0 aromatic rings. The smallest absolute Gasteiger partial charge is 0.323 e. The molecule has 0 aliphatic carbocycles. The van der Waals surface area contributed by atoms with Crippen LogP contribution in [0.2, 0.25) is 0 Å². The lowest BCUT2D eigenvalue weighted by Gasteiger charge is -2.25. The Morgan fingerprint density at radius 3 is 2.38 bits per heavy atom. The molecule has 94 valence electrons. The normalized spacial score (nSPS) is 16.4. The summed E-state index contributed by atoms with van der Waals surface area (Å²) in [6.45, 7) is 1.83. The van der Waals surface area contributed by atoms with Crippen molar-refractivity contribution in [2.45, 2.75) is 44.2 Å². The maximum Gasteiger partial charge on any atom is 0.323 e. The molecule has 0 aliphatic heterocycles. The van der Waals surface area contributed by atoms with E-state index in [0.29, 0.717) is 6.42 Å². The van der Waals surface area contributed by atoms with Gasteiger partial charge in [0.25, 0.3) is 0 Å². The molecule has 1 amide bonds. The van der Waals surface area contributed by atoms with Gasteiger partial charge in [-0.05, 0) is 26.2 Å². The van der Waals surface area contributed by atoms with Gasteiger partial charge in [-0.25, -0.2) is 0 Å². The van der Waals surface area contributed by atoms with Crippen LogP contribution in [0.1, 0.15) is 32.6 Å². The predicted octanol–water partition coefficient (Wildman–Crippen LogP) is -0.151. The van der Waals surface area contributed by atoms with Crippen LogP contribution in [0.5, 0.6) is 0 Å². The van der Waals surface area contributed by atoms with Gasteiger partial charge in [-0.3, -0.25) is 9.59 Å². The Hall–Kier alpha value is -1.14. The molecular formula is C10H20N2O4. The van der Waals surface area contributed by atoms with Crippen LogP contribution in [0.15, 0.2) is 0 Å². The van der Waals surface area contributed by atoms with E-state index in [0.717, 1.165) is 0 Å². The summed E-state index contributed by atoms with van der Waals surface area (Å²) in [5.41, 5.74) is 9.30. The second-order valence-corrected chi connectivity index (χ2v) is 4.01. The number of carbonyl (C=O) groups excluding carboxylic acids is 1. The Balaban J connectivity index is 4.33. The van der Waals surface area contributed by atoms with Gasteiger partial charge in [0.2, 0.25) is 5.91 Å². The number of aliphatic carboxylic acids is 1. The zero-order valence-corrected chi connectivity index (χ0v) is 9.73. The molecule has 1 unspecified atom stereocenters. The Labute approximate surface area is 94.9 Å². The maximum atomic E-state index is 11.0. The minimum Gasteiger partial charge on any atom is -0.480 e. The summed E-state index contributed by atoms with van der Waals surface area (Å²) in [4.78, 5) is 21.6. The van der Waals surface area contributed by atoms with Crippen molar-refractivity contribution in [1.82, 2.24) is 0 Å². The number of carbonyl (C=O) groups is 2. The SMILES string of the molecule is COC(C)CC[C@](N)(CCC(N)=O)C(=O)O. The van der Waals surface area contributed by atoms with E-state index >= 15 is 0 Å². The fraction of sp³-hybridized carbons (Fsp3) is 0.800. The first-order chi connectivity index (χ1) is 7.31. The van der Waals surface area contributed by atoms with Gasteiger partial charge in [0.05, 0.1) is 6.10 Å². The highest BCUT2D eigenvalue weighted by atomic mass is 16.5. The summed E-state index contributed by atoms with van der Waals surface area (Å²) >= 11 is 0. The van der Waals surface area contributed by atoms with Crippen LogP contribution < -0.4 is 11.5 Å². The molecule has 5 N–H and O–H groups in total. The van der Waals surface area contributed by atoms with Crippen LogP contribution in [0.3, 0.4) is 0 Å². The van der Waals surface area contributed by atoms with Crippen molar-refractivity contribution in [1.29, 1.82) is 0 Å². The number of amides is 1. The average molecular weight is 232 g/mol. The third kappa shape index (κ3) is 5.09. The third-order valence-electron chi connectivity index (χ3n) is 2.64. The minimum absolute atomic E-state index is 0.0236. The zero-order valence-electron chi connectivity index (χ0n) is 9.73. The third-order valence-corrected chi connectivity index (χ3v) is 2.64. The lowest BCUT2D eigenvalue weighted by Crippen LogP contribution is -2.49. The molecule has 0 rings (SSSR count). The molecule has 0 aliphatic rings. The average Bonchev–Trinajstić information content (AvgIpc) is 2.22. The largest absolute Gasteiger partial charge is 0.480 e. The fourth-order valence-corrected chi connectivity index (χ4v) is 1.26. The van der Waals surface area contributed by atoms with E-state index in [4.69, 9.17) is 21.3 Å². The van der Waals surface area contributed by atoms with Gasteiger partial charge < -0.3 is 21.3 Å². The topological polar surface area (TPSA) is 116 Å². The lowest BCUT2D eigenvalue weighted by atomic mass is 9.88. The van der Waals surface area contributed by atoms with Crippen molar-refractivity contribution in [2.24, 2.45) is 11.5 Å². The van der Waals surface area contributed by atoms with E-state index in [1.54, 1.807) is 7.11 Å². The van der Waals surface area contributed by atoms with E-state index in [2.05, 4.69) is 0 Å². The number of hydrogen-bond acceptors (Lipinski definition) is 4. The maximum absolute atomic E-state index is 11.0. The van der Waals surface area contributed by atoms with Crippen LogP contribution in [0.25, 0.3) is 0 Å². The number of ether oxygens (including phenoxy) is 1. The van der Waals surface area contributed by atoms with Crippen LogP contribution in [0, 0.1) is 0 Å². The van der Waals surface area contributed by atoms with E-state index in [-0.39, 0.29) is 25.4 Å². The zero-order chi connectivity index (χ0) is 12.8. The molecule has 2 atom stereocenters. The van der Waals surface area contributed by atoms with Crippen molar-refractivity contribution in [3.05, 3.63) is 0 Å². The first kappa shape index (κ1) is 14.9. The van der Waals surface area contributed by atoms with E-state index in [1.165, 1.54) is 0 Å². The number of rotatable bonds is 8. The second-order valence-electron chi connectivity index (χ2n) is 4.01. The van der Waals surface area contributed by atoms with Crippen molar-refractivity contribution < 1.29 is 19.4 Å². The number of hydrogen-bond donors (Lipinski definition) is 3. The lowest BCUT2D eigenvalue weighted by molar-refractivity contribution is -0.144. The molecule has 0 fully saturated rings. The quantitative estimate of drug-likeness (QED) is 0.538. The highest BCUT2D eigenvalue weighted by Gasteiger charge is 2.34. The summed E-state index contributed by atoms with van der Waals surface area (Å²) in [6, 6.07) is 0. The summed E-state index contributed by atoms with van der Waals surface area (Å²) in [5.74, 6) is -1.66. The predicted molar refractivity (Wildman–Crippen MR) is 58.7 cm³/mol. The first-order valence-corrected chi connectivity index (χ1v) is 5.15. The van der Waals surface area contributed by atoms with E-state index in [9.17, 15) is 9.59 Å². The van der Waals surface area contributed by atoms with Crippen LogP contribution in [-0.2, 0) is 14.3 Å². The van der Waals surface area contributed by atoms with Gasteiger partial charge in [0.15, 0.2) is 0 Å². The Morgan fingerprint density at radius 1 is 1.44 bits per heavy atom. The van der Waals surface area contributed by atoms with Crippen molar-refractivity contribution >= 4 is 11.9 Å². The van der Waals surface area contributed by atoms with Gasteiger partial charge in [0.1, 0.15) is 5.54 Å². The van der Waals surface area contributed by atoms with Gasteiger partial charge in [-0.15, -0.1) is 0 Å². The summed E-state index contributed by atoms with van der Waals surface area (Å²) in [7, 11) is 1.55. The summed E-state index contributed by atoms with van der Waals surface area (Å²) < 4.78 is 5.01. The van der Waals surface area contributed by atoms with Gasteiger partial charge in [0, 0.05) is 13.5 Å². The van der Waals surface area contributed by atoms with Gasteiger partial charge in [-0.2, -0.15) is 0 Å². The molecule has 0 bridgehead atoms. The van der Waals surface area contributed by atoms with Gasteiger partial charge >= 0.3 is 5.97 Å². The molecule has 0 heterocycles. The van der Waals surface area contributed by atoms with Crippen LogP contribution in [-0.4, -0.2) is 35.7 Å². The van der Waals surface area contributed by atoms with Crippen LogP contribution in [0.4, 0.5) is 0 Å². The van der Waals surface area contributed by atoms with E-state index < -0.39 is 17.4 Å². The summed E-state index contributed by atoms with van der Waals surface area (Å²) in [5, 5.41) is 9.01. The molecule has 0 radical (unpaired) electrons. The van der Waals surface area contributed by atoms with Gasteiger partial charge in [-0.1, -0.05) is 0 Å². The summed E-state index contributed by atoms with van der Waals surface area (Å²) in [6.07, 6.45) is 0.747. The van der Waals surface area contributed by atoms with E-state index in [1.807, 2.05) is 6.92 Å². The molecule has 16 heavy (non-hydrogen) atoms. The monoisotopic (exact) mass is 232 g/mol. The Kier molecular flexibility index (Phi) is 5.98. The number of carboxylic acids is 1. The molecule has 0 saturated carbocycles. The molecular weight excluding hydrogens is 212 g/mol. The van der Waals surface area contributed by atoms with Crippen molar-refractivity contribution in [3.8, 4) is 0 Å². The number of nitrogens with two attached hydrogens (primary N) is 2. The van der Waals surface area contributed by atoms with Crippen molar-refractivity contribution in [3.63, 3.8) is 0 Å². The van der Waals surface area contributed by atoms with Crippen molar-refractivity contribution in [2.75, 3.05) is 7.11 Å². The molecule has 6 heteroatoms. The molecule has 6 nitrogen and oxygen atoms in total. The molecule has 0 spiro atoms. The molecule has 0 aromatic heterocycles. The number of carboxylic acid groups (broad SMARTS) is 1. The number of primary amides is 1. The fourth-order valence-electron chi connectivity index (χ4n) is 1.26. The van der Waals surface area contributed by atoms with Crippen LogP contribution >= 0.6 is 0 Å². The molecule has 0 aromatic carbocycles. The molecule has 0 saturated heterocycles. The number of methoxy groups -OCH3 is 1. The highest BCUT2D eigenvalue weighted by molar-refractivity contribution is 5.80. The standard InChI is InChI=1S/C10H20N2O4/c1-7(16-2)3-5-10(12,9(14)15)6-4-8(11)13/h7H,3-6,12H2,1-2H3,(H2,11,13)(H,14,15)/t7?,10-/m0/s1. The Morgan fingerprint density at radius 2 is 2.00 bits per heavy atom. The minimum atomic E-state index is -1.40. The Bertz CT molecular complexity index is 257.